The number of para-hydroxylation sites is 1. The molecule has 6 nitrogen and oxygen atoms in total. The van der Waals surface area contributed by atoms with Gasteiger partial charge in [-0.15, -0.1) is 0 Å². The van der Waals surface area contributed by atoms with Crippen LogP contribution in [0.1, 0.15) is 30.4 Å². The van der Waals surface area contributed by atoms with Crippen LogP contribution in [0.25, 0.3) is 10.9 Å². The lowest BCUT2D eigenvalue weighted by Gasteiger charge is -2.27. The summed E-state index contributed by atoms with van der Waals surface area (Å²) in [6.07, 6.45) is -2.19. The predicted molar refractivity (Wildman–Crippen MR) is 93.3 cm³/mol. The molecule has 4 rings (SSSR count). The van der Waals surface area contributed by atoms with Crippen LogP contribution >= 0.6 is 0 Å². The molecular formula is C18H16F3N5O. The van der Waals surface area contributed by atoms with Gasteiger partial charge in [0.1, 0.15) is 23.7 Å². The van der Waals surface area contributed by atoms with Crippen molar-refractivity contribution >= 4 is 16.7 Å². The first kappa shape index (κ1) is 17.4. The van der Waals surface area contributed by atoms with E-state index in [1.54, 1.807) is 36.2 Å². The summed E-state index contributed by atoms with van der Waals surface area (Å²) in [6, 6.07) is 7.64. The van der Waals surface area contributed by atoms with Gasteiger partial charge in [0.05, 0.1) is 16.9 Å². The summed E-state index contributed by atoms with van der Waals surface area (Å²) >= 11 is 0. The molecule has 0 amide bonds. The van der Waals surface area contributed by atoms with Gasteiger partial charge in [0.15, 0.2) is 0 Å². The molecule has 1 aromatic carbocycles. The minimum atomic E-state index is -4.54. The summed E-state index contributed by atoms with van der Waals surface area (Å²) in [5.41, 5.74) is -0.597. The van der Waals surface area contributed by atoms with E-state index in [2.05, 4.69) is 15.0 Å². The van der Waals surface area contributed by atoms with E-state index in [4.69, 9.17) is 0 Å². The molecule has 9 heteroatoms. The summed E-state index contributed by atoms with van der Waals surface area (Å²) < 4.78 is 40.5. The van der Waals surface area contributed by atoms with Crippen LogP contribution in [0.2, 0.25) is 0 Å². The van der Waals surface area contributed by atoms with Gasteiger partial charge in [-0.1, -0.05) is 12.1 Å². The Morgan fingerprint density at radius 3 is 2.74 bits per heavy atom. The van der Waals surface area contributed by atoms with Crippen molar-refractivity contribution in [3.63, 3.8) is 0 Å². The molecule has 1 aliphatic heterocycles. The number of nitrogens with zero attached hydrogens (tertiary/aromatic N) is 5. The first-order chi connectivity index (χ1) is 12.9. The summed E-state index contributed by atoms with van der Waals surface area (Å²) in [6.45, 7) is 0.529. The topological polar surface area (TPSA) is 63.9 Å². The molecule has 3 heterocycles. The van der Waals surface area contributed by atoms with Gasteiger partial charge in [0.2, 0.25) is 0 Å². The van der Waals surface area contributed by atoms with E-state index in [9.17, 15) is 18.0 Å². The van der Waals surface area contributed by atoms with E-state index >= 15 is 0 Å². The lowest BCUT2D eigenvalue weighted by atomic mass is 10.1. The van der Waals surface area contributed by atoms with Crippen molar-refractivity contribution in [3.8, 4) is 0 Å². The van der Waals surface area contributed by atoms with Crippen molar-refractivity contribution < 1.29 is 13.2 Å². The van der Waals surface area contributed by atoms with E-state index in [1.807, 2.05) is 0 Å². The molecule has 140 valence electrons. The van der Waals surface area contributed by atoms with Crippen LogP contribution in [-0.2, 0) is 13.2 Å². The predicted octanol–water partition coefficient (Wildman–Crippen LogP) is 3.08. The average Bonchev–Trinajstić information content (AvgIpc) is 3.14. The van der Waals surface area contributed by atoms with Crippen LogP contribution in [0.5, 0.6) is 0 Å². The molecule has 3 aromatic rings. The summed E-state index contributed by atoms with van der Waals surface area (Å²) in [5.74, 6) is 0.700. The number of fused-ring (bicyclic) bond motifs is 1. The van der Waals surface area contributed by atoms with E-state index in [0.717, 1.165) is 18.8 Å². The smallest absolute Gasteiger partial charge is 0.346 e. The monoisotopic (exact) mass is 375 g/mol. The highest BCUT2D eigenvalue weighted by Gasteiger charge is 2.35. The molecule has 0 saturated carbocycles. The third kappa shape index (κ3) is 3.02. The van der Waals surface area contributed by atoms with Crippen LogP contribution in [0.15, 0.2) is 41.5 Å². The average molecular weight is 375 g/mol. The molecular weight excluding hydrogens is 359 g/mol. The zero-order chi connectivity index (χ0) is 19.2. The van der Waals surface area contributed by atoms with E-state index in [-0.39, 0.29) is 17.4 Å². The Bertz CT molecular complexity index is 1060. The second-order valence-electron chi connectivity index (χ2n) is 6.46. The largest absolute Gasteiger partial charge is 0.433 e. The maximum atomic E-state index is 13.0. The molecule has 0 radical (unpaired) electrons. The second kappa shape index (κ2) is 6.33. The van der Waals surface area contributed by atoms with Crippen LogP contribution < -0.4 is 10.5 Å². The highest BCUT2D eigenvalue weighted by Crippen LogP contribution is 2.36. The Morgan fingerprint density at radius 2 is 1.96 bits per heavy atom. The first-order valence-corrected chi connectivity index (χ1v) is 8.48. The third-order valence-electron chi connectivity index (χ3n) is 4.81. The van der Waals surface area contributed by atoms with E-state index < -0.39 is 11.9 Å². The van der Waals surface area contributed by atoms with Crippen molar-refractivity contribution in [2.45, 2.75) is 25.1 Å². The van der Waals surface area contributed by atoms with E-state index in [1.165, 1.54) is 4.57 Å². The van der Waals surface area contributed by atoms with Crippen LogP contribution in [0.3, 0.4) is 0 Å². The number of hydrogen-bond acceptors (Lipinski definition) is 5. The molecule has 1 saturated heterocycles. The molecule has 1 fully saturated rings. The molecule has 0 spiro atoms. The number of benzene rings is 1. The molecule has 0 N–H and O–H groups in total. The Morgan fingerprint density at radius 1 is 1.19 bits per heavy atom. The molecule has 1 unspecified atom stereocenters. The van der Waals surface area contributed by atoms with Gasteiger partial charge in [-0.25, -0.2) is 15.0 Å². The molecule has 27 heavy (non-hydrogen) atoms. The Hall–Kier alpha value is -2.97. The number of aromatic nitrogens is 4. The fourth-order valence-electron chi connectivity index (χ4n) is 3.50. The lowest BCUT2D eigenvalue weighted by Crippen LogP contribution is -2.31. The van der Waals surface area contributed by atoms with Crippen molar-refractivity contribution in [2.24, 2.45) is 7.05 Å². The molecule has 0 bridgehead atoms. The van der Waals surface area contributed by atoms with Crippen molar-refractivity contribution in [1.29, 1.82) is 0 Å². The number of anilines is 1. The van der Waals surface area contributed by atoms with Gasteiger partial charge >= 0.3 is 6.18 Å². The number of halogens is 3. The summed E-state index contributed by atoms with van der Waals surface area (Å²) in [5, 5.41) is 0.509. The van der Waals surface area contributed by atoms with Crippen LogP contribution in [-0.4, -0.2) is 26.1 Å². The van der Waals surface area contributed by atoms with Crippen LogP contribution in [0, 0.1) is 0 Å². The highest BCUT2D eigenvalue weighted by atomic mass is 19.4. The van der Waals surface area contributed by atoms with Gasteiger partial charge in [-0.05, 0) is 25.0 Å². The summed E-state index contributed by atoms with van der Waals surface area (Å²) in [7, 11) is 1.63. The van der Waals surface area contributed by atoms with Crippen molar-refractivity contribution in [1.82, 2.24) is 19.5 Å². The maximum Gasteiger partial charge on any atom is 0.433 e. The zero-order valence-electron chi connectivity index (χ0n) is 14.4. The number of alkyl halides is 3. The van der Waals surface area contributed by atoms with Gasteiger partial charge in [-0.3, -0.25) is 9.36 Å². The third-order valence-corrected chi connectivity index (χ3v) is 4.81. The Balaban J connectivity index is 1.80. The quantitative estimate of drug-likeness (QED) is 0.689. The molecule has 0 aliphatic carbocycles. The number of hydrogen-bond donors (Lipinski definition) is 0. The van der Waals surface area contributed by atoms with Gasteiger partial charge < -0.3 is 4.90 Å². The lowest BCUT2D eigenvalue weighted by molar-refractivity contribution is -0.141. The standard InChI is InChI=1S/C18H16F3N5O/c1-25-16(24-12-6-3-2-5-11(12)17(25)27)13-7-4-8-26(13)15-9-14(18(19,20)21)22-10-23-15/h2-3,5-6,9-10,13H,4,7-8H2,1H3. The zero-order valence-corrected chi connectivity index (χ0v) is 14.4. The normalized spacial score (nSPS) is 17.6. The molecule has 2 aromatic heterocycles. The second-order valence-corrected chi connectivity index (χ2v) is 6.46. The minimum Gasteiger partial charge on any atom is -0.346 e. The van der Waals surface area contributed by atoms with Gasteiger partial charge in [-0.2, -0.15) is 13.2 Å². The van der Waals surface area contributed by atoms with Crippen molar-refractivity contribution in [2.75, 3.05) is 11.4 Å². The fourth-order valence-corrected chi connectivity index (χ4v) is 3.50. The SMILES string of the molecule is Cn1c(C2CCCN2c2cc(C(F)(F)F)ncn2)nc2ccccc2c1=O. The highest BCUT2D eigenvalue weighted by molar-refractivity contribution is 5.77. The van der Waals surface area contributed by atoms with Gasteiger partial charge in [0.25, 0.3) is 5.56 Å². The molecule has 1 atom stereocenters. The summed E-state index contributed by atoms with van der Waals surface area (Å²) in [4.78, 5) is 26.4. The Labute approximate surface area is 152 Å². The van der Waals surface area contributed by atoms with Crippen molar-refractivity contribution in [3.05, 3.63) is 58.5 Å². The Kier molecular flexibility index (Phi) is 4.09. The first-order valence-electron chi connectivity index (χ1n) is 8.48. The molecule has 1 aliphatic rings. The number of rotatable bonds is 2. The fraction of sp³-hybridized carbons (Fsp3) is 0.333. The van der Waals surface area contributed by atoms with Crippen LogP contribution in [0.4, 0.5) is 19.0 Å². The minimum absolute atomic E-state index is 0.180. The maximum absolute atomic E-state index is 13.0. The van der Waals surface area contributed by atoms with E-state index in [0.29, 0.717) is 29.7 Å². The van der Waals surface area contributed by atoms with Gasteiger partial charge in [0, 0.05) is 19.7 Å².